The van der Waals surface area contributed by atoms with Crippen LogP contribution >= 0.6 is 0 Å². The van der Waals surface area contributed by atoms with Gasteiger partial charge in [0.15, 0.2) is 0 Å². The predicted molar refractivity (Wildman–Crippen MR) is 104 cm³/mol. The molecule has 2 aromatic rings. The Labute approximate surface area is 171 Å². The molecule has 1 aliphatic heterocycles. The maximum Gasteiger partial charge on any atom is 0.328 e. The van der Waals surface area contributed by atoms with Crippen molar-refractivity contribution in [1.82, 2.24) is 9.97 Å². The molecular weight excluding hydrogens is 421 g/mol. The number of imidazole rings is 1. The Morgan fingerprint density at radius 3 is 2.53 bits per heavy atom. The number of halogens is 1. The molecule has 0 bridgehead atoms. The first-order valence-corrected chi connectivity index (χ1v) is 10.4. The molecule has 10 nitrogen and oxygen atoms in total. The molecule has 1 aromatic carbocycles. The van der Waals surface area contributed by atoms with Crippen molar-refractivity contribution in [3.8, 4) is 5.75 Å². The van der Waals surface area contributed by atoms with Crippen LogP contribution in [0.25, 0.3) is 0 Å². The van der Waals surface area contributed by atoms with E-state index in [0.717, 1.165) is 11.8 Å². The highest BCUT2D eigenvalue weighted by molar-refractivity contribution is 7.92. The maximum atomic E-state index is 13.9. The molecular formula is C18H20FN3O7S. The normalized spacial score (nSPS) is 15.5. The van der Waals surface area contributed by atoms with Gasteiger partial charge >= 0.3 is 11.9 Å². The standard InChI is InChI=1S/C14H16FN3O3S.C4H4O4/c1-2-22(19,20)18-12-6-9(15)5-11-10(3-4-21-14(11)12)13-7-16-8-17-13;5-3(6)1-2-4(7)8/h5-8,10,18H,2-4H2,1H3,(H,16,17);1-2H,(H,5,6)(H,7,8). The molecule has 4 N–H and O–H groups in total. The third-order valence-electron chi connectivity index (χ3n) is 4.00. The molecule has 0 saturated heterocycles. The summed E-state index contributed by atoms with van der Waals surface area (Å²) >= 11 is 0. The van der Waals surface area contributed by atoms with E-state index >= 15 is 0 Å². The summed E-state index contributed by atoms with van der Waals surface area (Å²) in [7, 11) is -3.51. The number of hydrogen-bond acceptors (Lipinski definition) is 6. The van der Waals surface area contributed by atoms with Gasteiger partial charge in [-0.2, -0.15) is 0 Å². The van der Waals surface area contributed by atoms with Crippen LogP contribution in [0, 0.1) is 5.82 Å². The van der Waals surface area contributed by atoms with E-state index in [0.29, 0.717) is 36.5 Å². The predicted octanol–water partition coefficient (Wildman–Crippen LogP) is 1.94. The molecule has 1 atom stereocenters. The summed E-state index contributed by atoms with van der Waals surface area (Å²) in [5.41, 5.74) is 1.52. The van der Waals surface area contributed by atoms with Crippen LogP contribution in [-0.2, 0) is 19.6 Å². The highest BCUT2D eigenvalue weighted by atomic mass is 32.2. The van der Waals surface area contributed by atoms with E-state index in [9.17, 15) is 22.4 Å². The smallest absolute Gasteiger partial charge is 0.328 e. The van der Waals surface area contributed by atoms with Crippen molar-refractivity contribution in [3.05, 3.63) is 53.9 Å². The lowest BCUT2D eigenvalue weighted by Crippen LogP contribution is -2.20. The van der Waals surface area contributed by atoms with Crippen molar-refractivity contribution in [2.24, 2.45) is 0 Å². The number of anilines is 1. The zero-order chi connectivity index (χ0) is 22.3. The second-order valence-electron chi connectivity index (χ2n) is 6.07. The number of nitrogens with one attached hydrogen (secondary N) is 2. The van der Waals surface area contributed by atoms with Gasteiger partial charge < -0.3 is 19.9 Å². The number of carboxylic acids is 2. The van der Waals surface area contributed by atoms with Crippen molar-refractivity contribution in [3.63, 3.8) is 0 Å². The van der Waals surface area contributed by atoms with E-state index in [1.807, 2.05) is 0 Å². The van der Waals surface area contributed by atoms with Crippen LogP contribution in [0.3, 0.4) is 0 Å². The van der Waals surface area contributed by atoms with Gasteiger partial charge in [0.2, 0.25) is 10.0 Å². The summed E-state index contributed by atoms with van der Waals surface area (Å²) in [6, 6.07) is 2.51. The first kappa shape index (κ1) is 22.9. The fourth-order valence-electron chi connectivity index (χ4n) is 2.70. The minimum Gasteiger partial charge on any atom is -0.491 e. The van der Waals surface area contributed by atoms with Crippen LogP contribution < -0.4 is 9.46 Å². The van der Waals surface area contributed by atoms with Crippen LogP contribution in [0.5, 0.6) is 5.75 Å². The Bertz CT molecular complexity index is 1020. The highest BCUT2D eigenvalue weighted by Gasteiger charge is 2.28. The number of aromatic amines is 1. The molecule has 0 fully saturated rings. The van der Waals surface area contributed by atoms with Crippen molar-refractivity contribution < 1.29 is 37.3 Å². The maximum absolute atomic E-state index is 13.9. The van der Waals surface area contributed by atoms with Gasteiger partial charge in [0.05, 0.1) is 30.1 Å². The Balaban J connectivity index is 0.000000343. The second-order valence-corrected chi connectivity index (χ2v) is 8.08. The fraction of sp³-hybridized carbons (Fsp3) is 0.278. The minimum atomic E-state index is -3.51. The molecule has 1 unspecified atom stereocenters. The molecule has 1 aromatic heterocycles. The number of nitrogens with zero attached hydrogens (tertiary/aromatic N) is 1. The van der Waals surface area contributed by atoms with Crippen LogP contribution in [0.4, 0.5) is 10.1 Å². The monoisotopic (exact) mass is 441 g/mol. The van der Waals surface area contributed by atoms with E-state index in [2.05, 4.69) is 14.7 Å². The second kappa shape index (κ2) is 9.87. The third kappa shape index (κ3) is 6.30. The SMILES string of the molecule is CCS(=O)(=O)Nc1cc(F)cc2c1OCCC2c1c[nH]cn1.O=C(O)C=CC(=O)O. The van der Waals surface area contributed by atoms with Crippen molar-refractivity contribution in [2.45, 2.75) is 19.3 Å². The molecule has 30 heavy (non-hydrogen) atoms. The number of rotatable bonds is 6. The van der Waals surface area contributed by atoms with Gasteiger partial charge in [0.25, 0.3) is 0 Å². The lowest BCUT2D eigenvalue weighted by molar-refractivity contribution is -0.134. The van der Waals surface area contributed by atoms with Gasteiger partial charge in [0, 0.05) is 35.9 Å². The van der Waals surface area contributed by atoms with Gasteiger partial charge in [-0.15, -0.1) is 0 Å². The number of carbonyl (C=O) groups is 2. The Morgan fingerprint density at radius 2 is 2.00 bits per heavy atom. The van der Waals surface area contributed by atoms with E-state index < -0.39 is 27.8 Å². The number of H-pyrrole nitrogens is 1. The summed E-state index contributed by atoms with van der Waals surface area (Å²) in [5.74, 6) is -2.88. The number of hydrogen-bond donors (Lipinski definition) is 4. The topological polar surface area (TPSA) is 159 Å². The molecule has 0 saturated carbocycles. The van der Waals surface area contributed by atoms with E-state index in [-0.39, 0.29) is 17.4 Å². The number of carboxylic acid groups (broad SMARTS) is 2. The minimum absolute atomic E-state index is 0.0961. The van der Waals surface area contributed by atoms with Crippen LogP contribution in [-0.4, -0.2) is 52.9 Å². The molecule has 1 aliphatic rings. The van der Waals surface area contributed by atoms with Crippen molar-refractivity contribution >= 4 is 27.6 Å². The van der Waals surface area contributed by atoms with Crippen molar-refractivity contribution in [2.75, 3.05) is 17.1 Å². The molecule has 0 spiro atoms. The number of aliphatic carboxylic acids is 2. The fourth-order valence-corrected chi connectivity index (χ4v) is 3.33. The number of fused-ring (bicyclic) bond motifs is 1. The van der Waals surface area contributed by atoms with Gasteiger partial charge in [-0.1, -0.05) is 0 Å². The van der Waals surface area contributed by atoms with Crippen molar-refractivity contribution in [1.29, 1.82) is 0 Å². The number of ether oxygens (including phenoxy) is 1. The van der Waals surface area contributed by atoms with Gasteiger partial charge in [-0.3, -0.25) is 4.72 Å². The summed E-state index contributed by atoms with van der Waals surface area (Å²) in [6.07, 6.45) is 5.08. The van der Waals surface area contributed by atoms with E-state index in [1.54, 1.807) is 12.5 Å². The van der Waals surface area contributed by atoms with Gasteiger partial charge in [0.1, 0.15) is 11.6 Å². The Hall–Kier alpha value is -3.41. The number of benzene rings is 1. The highest BCUT2D eigenvalue weighted by Crippen LogP contribution is 2.42. The zero-order valence-corrected chi connectivity index (χ0v) is 16.6. The Morgan fingerprint density at radius 1 is 1.33 bits per heavy atom. The van der Waals surface area contributed by atoms with Crippen LogP contribution in [0.2, 0.25) is 0 Å². The first-order chi connectivity index (χ1) is 14.1. The average Bonchev–Trinajstić information content (AvgIpc) is 3.21. The molecule has 2 heterocycles. The van der Waals surface area contributed by atoms with Crippen LogP contribution in [0.1, 0.15) is 30.5 Å². The summed E-state index contributed by atoms with van der Waals surface area (Å²) < 4.78 is 45.4. The Kier molecular flexibility index (Phi) is 7.53. The quantitative estimate of drug-likeness (QED) is 0.495. The van der Waals surface area contributed by atoms with Crippen LogP contribution in [0.15, 0.2) is 36.8 Å². The average molecular weight is 441 g/mol. The largest absolute Gasteiger partial charge is 0.491 e. The van der Waals surface area contributed by atoms with Gasteiger partial charge in [-0.05, 0) is 19.4 Å². The molecule has 3 rings (SSSR count). The number of aromatic nitrogens is 2. The van der Waals surface area contributed by atoms with E-state index in [1.165, 1.54) is 13.0 Å². The molecule has 12 heteroatoms. The lowest BCUT2D eigenvalue weighted by atomic mass is 9.90. The molecule has 162 valence electrons. The molecule has 0 aliphatic carbocycles. The first-order valence-electron chi connectivity index (χ1n) is 8.72. The summed E-state index contributed by atoms with van der Waals surface area (Å²) in [5, 5.41) is 15.6. The number of sulfonamides is 1. The third-order valence-corrected chi connectivity index (χ3v) is 5.29. The van der Waals surface area contributed by atoms with Gasteiger partial charge in [-0.25, -0.2) is 27.4 Å². The molecule has 0 amide bonds. The summed E-state index contributed by atoms with van der Waals surface area (Å²) in [4.78, 5) is 26.2. The zero-order valence-electron chi connectivity index (χ0n) is 15.8. The molecule has 0 radical (unpaired) electrons. The lowest BCUT2D eigenvalue weighted by Gasteiger charge is -2.27. The van der Waals surface area contributed by atoms with E-state index in [4.69, 9.17) is 14.9 Å². The summed E-state index contributed by atoms with van der Waals surface area (Å²) in [6.45, 7) is 1.93.